The maximum Gasteiger partial charge on any atom is 0.512 e. The molecule has 0 aliphatic heterocycles. The number of benzene rings is 3. The molecule has 182 valence electrons. The molecule has 1 aromatic heterocycles. The van der Waals surface area contributed by atoms with Gasteiger partial charge in [0.1, 0.15) is 18.5 Å². The highest BCUT2D eigenvalue weighted by Gasteiger charge is 2.15. The van der Waals surface area contributed by atoms with Gasteiger partial charge in [0.05, 0.1) is 12.1 Å². The van der Waals surface area contributed by atoms with Gasteiger partial charge in [0, 0.05) is 24.0 Å². The zero-order valence-corrected chi connectivity index (χ0v) is 19.6. The fourth-order valence-electron chi connectivity index (χ4n) is 4.06. The lowest BCUT2D eigenvalue weighted by atomic mass is 10.1. The highest BCUT2D eigenvalue weighted by molar-refractivity contribution is 5.84. The summed E-state index contributed by atoms with van der Waals surface area (Å²) in [4.78, 5) is 11.2. The molecule has 0 spiro atoms. The second-order valence-corrected chi connectivity index (χ2v) is 8.61. The highest BCUT2D eigenvalue weighted by atomic mass is 16.7. The van der Waals surface area contributed by atoms with Gasteiger partial charge in [-0.15, -0.1) is 0 Å². The molecule has 0 unspecified atom stereocenters. The van der Waals surface area contributed by atoms with Gasteiger partial charge in [-0.1, -0.05) is 54.6 Å². The van der Waals surface area contributed by atoms with Crippen LogP contribution in [-0.2, 0) is 13.0 Å². The van der Waals surface area contributed by atoms with Crippen LogP contribution < -0.4 is 14.8 Å². The third kappa shape index (κ3) is 6.85. The molecule has 7 nitrogen and oxygen atoms in total. The Balaban J connectivity index is 1.39. The van der Waals surface area contributed by atoms with Gasteiger partial charge in [0.25, 0.3) is 0 Å². The minimum atomic E-state index is -1.34. The molecule has 4 aromatic rings. The number of nitrogens with one attached hydrogen (secondary N) is 1. The van der Waals surface area contributed by atoms with Crippen LogP contribution in [0.15, 0.2) is 84.9 Å². The molecule has 7 heteroatoms. The third-order valence-corrected chi connectivity index (χ3v) is 5.73. The Labute approximate surface area is 204 Å². The summed E-state index contributed by atoms with van der Waals surface area (Å²) in [7, 11) is 0. The molecule has 0 saturated heterocycles. The van der Waals surface area contributed by atoms with Crippen LogP contribution in [0, 0.1) is 0 Å². The molecule has 0 amide bonds. The largest absolute Gasteiger partial charge is 0.512 e. The summed E-state index contributed by atoms with van der Waals surface area (Å²) in [5.41, 5.74) is 3.06. The summed E-state index contributed by atoms with van der Waals surface area (Å²) < 4.78 is 12.5. The van der Waals surface area contributed by atoms with Crippen LogP contribution in [-0.4, -0.2) is 46.2 Å². The minimum absolute atomic E-state index is 0.125. The van der Waals surface area contributed by atoms with Crippen LogP contribution in [0.25, 0.3) is 10.9 Å². The number of hydrogen-bond acceptors (Lipinski definition) is 5. The van der Waals surface area contributed by atoms with Crippen molar-refractivity contribution in [3.63, 3.8) is 0 Å². The first-order chi connectivity index (χ1) is 17.0. The van der Waals surface area contributed by atoms with E-state index in [1.807, 2.05) is 77.4 Å². The number of hydrogen-bond donors (Lipinski definition) is 3. The van der Waals surface area contributed by atoms with Crippen LogP contribution >= 0.6 is 0 Å². The molecule has 2 atom stereocenters. The van der Waals surface area contributed by atoms with Crippen LogP contribution in [0.1, 0.15) is 18.1 Å². The van der Waals surface area contributed by atoms with Crippen molar-refractivity contribution < 1.29 is 24.5 Å². The average molecular weight is 475 g/mol. The second kappa shape index (κ2) is 11.6. The summed E-state index contributed by atoms with van der Waals surface area (Å²) in [6.07, 6.45) is -1.21. The van der Waals surface area contributed by atoms with Crippen molar-refractivity contribution in [2.75, 3.05) is 13.2 Å². The zero-order valence-electron chi connectivity index (χ0n) is 19.6. The van der Waals surface area contributed by atoms with Crippen molar-refractivity contribution in [2.24, 2.45) is 0 Å². The summed E-state index contributed by atoms with van der Waals surface area (Å²) in [6.45, 7) is 3.21. The Hall–Kier alpha value is -3.81. The van der Waals surface area contributed by atoms with Gasteiger partial charge in [-0.05, 0) is 48.7 Å². The number of aliphatic hydroxyl groups is 1. The Bertz CT molecular complexity index is 1240. The van der Waals surface area contributed by atoms with E-state index in [0.717, 1.165) is 34.2 Å². The first-order valence-electron chi connectivity index (χ1n) is 11.6. The fourth-order valence-corrected chi connectivity index (χ4v) is 4.06. The Morgan fingerprint density at radius 1 is 0.971 bits per heavy atom. The van der Waals surface area contributed by atoms with Crippen molar-refractivity contribution in [3.8, 4) is 11.6 Å². The molecule has 35 heavy (non-hydrogen) atoms. The van der Waals surface area contributed by atoms with Crippen molar-refractivity contribution in [2.45, 2.75) is 32.0 Å². The van der Waals surface area contributed by atoms with E-state index in [1.165, 1.54) is 0 Å². The van der Waals surface area contributed by atoms with Crippen molar-refractivity contribution >= 4 is 17.1 Å². The Kier molecular flexibility index (Phi) is 8.03. The standard InChI is InChI=1S/C28H30N2O5/c1-20(29-17-24(31)19-34-25-10-6-3-7-11-25)14-22-12-13-26-23(15-22)16-27(35-28(32)33)30(26)18-21-8-4-2-5-9-21/h2-13,15-16,20,24,29,31H,14,17-19H2,1H3,(H,32,33)/t20-,24+/m1/s1. The third-order valence-electron chi connectivity index (χ3n) is 5.73. The van der Waals surface area contributed by atoms with E-state index >= 15 is 0 Å². The van der Waals surface area contributed by atoms with E-state index in [0.29, 0.717) is 19.0 Å². The maximum absolute atomic E-state index is 11.2. The Morgan fingerprint density at radius 3 is 2.40 bits per heavy atom. The van der Waals surface area contributed by atoms with Gasteiger partial charge in [0.2, 0.25) is 5.88 Å². The van der Waals surface area contributed by atoms with Crippen molar-refractivity contribution in [1.82, 2.24) is 9.88 Å². The van der Waals surface area contributed by atoms with Crippen LogP contribution in [0.2, 0.25) is 0 Å². The number of nitrogens with zero attached hydrogens (tertiary/aromatic N) is 1. The highest BCUT2D eigenvalue weighted by Crippen LogP contribution is 2.28. The number of para-hydroxylation sites is 1. The SMILES string of the molecule is C[C@H](Cc1ccc2c(c1)cc(OC(=O)O)n2Cc1ccccc1)NC[C@H](O)COc1ccccc1. The summed E-state index contributed by atoms with van der Waals surface area (Å²) in [5.74, 6) is 1.03. The normalized spacial score (nSPS) is 12.9. The summed E-state index contributed by atoms with van der Waals surface area (Å²) >= 11 is 0. The predicted octanol–water partition coefficient (Wildman–Crippen LogP) is 4.71. The molecule has 3 N–H and O–H groups in total. The number of rotatable bonds is 11. The van der Waals surface area contributed by atoms with Gasteiger partial charge >= 0.3 is 6.16 Å². The van der Waals surface area contributed by atoms with Gasteiger partial charge < -0.3 is 29.6 Å². The molecule has 0 saturated carbocycles. The lowest BCUT2D eigenvalue weighted by Gasteiger charge is -2.18. The number of fused-ring (bicyclic) bond motifs is 1. The molecule has 0 aliphatic carbocycles. The molecule has 1 heterocycles. The predicted molar refractivity (Wildman–Crippen MR) is 135 cm³/mol. The van der Waals surface area contributed by atoms with Crippen LogP contribution in [0.4, 0.5) is 4.79 Å². The molecule has 0 radical (unpaired) electrons. The molecule has 0 aliphatic rings. The first kappa shape index (κ1) is 24.3. The lowest BCUT2D eigenvalue weighted by molar-refractivity contribution is 0.104. The van der Waals surface area contributed by atoms with Gasteiger partial charge in [-0.3, -0.25) is 0 Å². The monoisotopic (exact) mass is 474 g/mol. The fraction of sp³-hybridized carbons (Fsp3) is 0.250. The molecule has 0 bridgehead atoms. The lowest BCUT2D eigenvalue weighted by Crippen LogP contribution is -2.37. The van der Waals surface area contributed by atoms with E-state index in [2.05, 4.69) is 18.3 Å². The van der Waals surface area contributed by atoms with E-state index in [1.54, 1.807) is 6.07 Å². The number of carbonyl (C=O) groups is 1. The summed E-state index contributed by atoms with van der Waals surface area (Å²) in [5, 5.41) is 23.7. The maximum atomic E-state index is 11.2. The molecule has 0 fully saturated rings. The van der Waals surface area contributed by atoms with Crippen LogP contribution in [0.5, 0.6) is 11.6 Å². The zero-order chi connectivity index (χ0) is 24.6. The smallest absolute Gasteiger partial charge is 0.491 e. The van der Waals surface area contributed by atoms with Crippen molar-refractivity contribution in [3.05, 3.63) is 96.1 Å². The first-order valence-corrected chi connectivity index (χ1v) is 11.6. The molecular formula is C28H30N2O5. The topological polar surface area (TPSA) is 93.0 Å². The molecular weight excluding hydrogens is 444 g/mol. The molecule has 4 rings (SSSR count). The van der Waals surface area contributed by atoms with E-state index in [-0.39, 0.29) is 12.6 Å². The number of carboxylic acid groups (broad SMARTS) is 1. The summed E-state index contributed by atoms with van der Waals surface area (Å²) in [6, 6.07) is 27.3. The van der Waals surface area contributed by atoms with Gasteiger partial charge in [0.15, 0.2) is 0 Å². The van der Waals surface area contributed by atoms with E-state index < -0.39 is 12.3 Å². The van der Waals surface area contributed by atoms with E-state index in [9.17, 15) is 15.0 Å². The second-order valence-electron chi connectivity index (χ2n) is 8.61. The number of aromatic nitrogens is 1. The van der Waals surface area contributed by atoms with E-state index in [4.69, 9.17) is 9.47 Å². The van der Waals surface area contributed by atoms with Gasteiger partial charge in [-0.25, -0.2) is 4.79 Å². The Morgan fingerprint density at radius 2 is 1.69 bits per heavy atom. The quantitative estimate of drug-likeness (QED) is 0.273. The number of ether oxygens (including phenoxy) is 2. The van der Waals surface area contributed by atoms with Crippen LogP contribution in [0.3, 0.4) is 0 Å². The van der Waals surface area contributed by atoms with Gasteiger partial charge in [-0.2, -0.15) is 0 Å². The number of aliphatic hydroxyl groups excluding tert-OH is 1. The average Bonchev–Trinajstić information content (AvgIpc) is 3.18. The van der Waals surface area contributed by atoms with Crippen molar-refractivity contribution in [1.29, 1.82) is 0 Å². The molecule has 3 aromatic carbocycles. The minimum Gasteiger partial charge on any atom is -0.491 e.